The lowest BCUT2D eigenvalue weighted by Gasteiger charge is -2.23. The Balaban J connectivity index is 4.54. The van der Waals surface area contributed by atoms with E-state index in [1.54, 1.807) is 0 Å². The van der Waals surface area contributed by atoms with Crippen LogP contribution >= 0.6 is 0 Å². The third-order valence-corrected chi connectivity index (χ3v) is 7.38. The normalized spacial score (nSPS) is 13.6. The average Bonchev–Trinajstić information content (AvgIpc) is 1.90. The van der Waals surface area contributed by atoms with Gasteiger partial charge in [0.25, 0.3) is 0 Å². The van der Waals surface area contributed by atoms with Crippen LogP contribution in [-0.2, 0) is 13.3 Å². The predicted molar refractivity (Wildman–Crippen MR) is 35.9 cm³/mol. The van der Waals surface area contributed by atoms with Gasteiger partial charge in [-0.3, -0.25) is 0 Å². The SMILES string of the molecule is CO[Si](OC)(OC)[Si](F)(F)F. The molecule has 8 heteroatoms. The van der Waals surface area contributed by atoms with Gasteiger partial charge < -0.3 is 13.3 Å². The molecule has 0 amide bonds. The van der Waals surface area contributed by atoms with Gasteiger partial charge in [0.2, 0.25) is 0 Å². The first-order chi connectivity index (χ1) is 4.93. The minimum atomic E-state index is -5.96. The van der Waals surface area contributed by atoms with Gasteiger partial charge in [-0.25, -0.2) is 12.3 Å². The zero-order chi connectivity index (χ0) is 9.12. The molecule has 0 fully saturated rings. The Morgan fingerprint density at radius 1 is 0.818 bits per heavy atom. The third-order valence-electron chi connectivity index (χ3n) is 1.15. The lowest BCUT2D eigenvalue weighted by atomic mass is 11.8. The van der Waals surface area contributed by atoms with E-state index in [4.69, 9.17) is 0 Å². The Morgan fingerprint density at radius 3 is 1.09 bits per heavy atom. The molecule has 0 bridgehead atoms. The molecule has 3 nitrogen and oxygen atoms in total. The summed E-state index contributed by atoms with van der Waals surface area (Å²) in [6, 6.07) is 0. The summed E-state index contributed by atoms with van der Waals surface area (Å²) in [6.07, 6.45) is 0. The van der Waals surface area contributed by atoms with Crippen molar-refractivity contribution in [2.45, 2.75) is 0 Å². The zero-order valence-corrected chi connectivity index (χ0v) is 8.36. The van der Waals surface area contributed by atoms with Crippen molar-refractivity contribution in [1.29, 1.82) is 0 Å². The van der Waals surface area contributed by atoms with Gasteiger partial charge in [0.1, 0.15) is 0 Å². The van der Waals surface area contributed by atoms with Crippen LogP contribution in [0, 0.1) is 0 Å². The summed E-state index contributed by atoms with van der Waals surface area (Å²) in [4.78, 5) is 0. The van der Waals surface area contributed by atoms with E-state index in [-0.39, 0.29) is 0 Å². The molecule has 0 aromatic heterocycles. The fraction of sp³-hybridized carbons (Fsp3) is 1.00. The molecular weight excluding hydrogens is 197 g/mol. The van der Waals surface area contributed by atoms with Gasteiger partial charge in [0.05, 0.1) is 0 Å². The van der Waals surface area contributed by atoms with Crippen LogP contribution < -0.4 is 0 Å². The van der Waals surface area contributed by atoms with Gasteiger partial charge in [0, 0.05) is 21.3 Å². The Hall–Kier alpha value is 0.104. The van der Waals surface area contributed by atoms with Gasteiger partial charge >= 0.3 is 16.9 Å². The van der Waals surface area contributed by atoms with E-state index < -0.39 is 16.9 Å². The van der Waals surface area contributed by atoms with Crippen molar-refractivity contribution in [3.05, 3.63) is 0 Å². The Bertz CT molecular complexity index is 115. The van der Waals surface area contributed by atoms with Crippen LogP contribution in [0.3, 0.4) is 0 Å². The molecule has 0 spiro atoms. The summed E-state index contributed by atoms with van der Waals surface area (Å²) in [5, 5.41) is 0. The zero-order valence-electron chi connectivity index (χ0n) is 6.36. The standard InChI is InChI=1S/C3H9F3O3Si2/c1-7-11(8-2,9-3)10(4,5)6/h1-3H3. The van der Waals surface area contributed by atoms with E-state index in [9.17, 15) is 12.3 Å². The summed E-state index contributed by atoms with van der Waals surface area (Å²) in [6.45, 7) is 0. The van der Waals surface area contributed by atoms with Gasteiger partial charge in [0.15, 0.2) is 0 Å². The minimum absolute atomic E-state index is 0.944. The van der Waals surface area contributed by atoms with Gasteiger partial charge in [-0.05, 0) is 0 Å². The van der Waals surface area contributed by atoms with Gasteiger partial charge in [-0.15, -0.1) is 0 Å². The highest BCUT2D eigenvalue weighted by Crippen LogP contribution is 2.24. The quantitative estimate of drug-likeness (QED) is 0.503. The van der Waals surface area contributed by atoms with Crippen LogP contribution in [-0.4, -0.2) is 38.2 Å². The highest BCUT2D eigenvalue weighted by molar-refractivity contribution is 7.25. The molecule has 0 aromatic carbocycles. The molecule has 0 saturated carbocycles. The third kappa shape index (κ3) is 2.02. The van der Waals surface area contributed by atoms with Gasteiger partial charge in [-0.2, -0.15) is 0 Å². The van der Waals surface area contributed by atoms with Crippen LogP contribution in [0.5, 0.6) is 0 Å². The number of hydrogen-bond acceptors (Lipinski definition) is 3. The van der Waals surface area contributed by atoms with E-state index in [2.05, 4.69) is 13.3 Å². The molecule has 0 heterocycles. The van der Waals surface area contributed by atoms with Gasteiger partial charge in [-0.1, -0.05) is 0 Å². The van der Waals surface area contributed by atoms with Crippen LogP contribution in [0.15, 0.2) is 0 Å². The van der Waals surface area contributed by atoms with E-state index in [0.717, 1.165) is 21.3 Å². The molecule has 0 unspecified atom stereocenters. The molecule has 0 N–H and O–H groups in total. The maximum atomic E-state index is 12.2. The number of hydrogen-bond donors (Lipinski definition) is 0. The van der Waals surface area contributed by atoms with Crippen molar-refractivity contribution in [2.24, 2.45) is 0 Å². The van der Waals surface area contributed by atoms with Crippen molar-refractivity contribution in [3.8, 4) is 0 Å². The molecule has 0 saturated heterocycles. The lowest BCUT2D eigenvalue weighted by molar-refractivity contribution is 0.131. The molecule has 0 atom stereocenters. The summed E-state index contributed by atoms with van der Waals surface area (Å²) < 4.78 is 49.3. The molecule has 0 aliphatic rings. The number of rotatable bonds is 4. The lowest BCUT2D eigenvalue weighted by Crippen LogP contribution is -2.60. The predicted octanol–water partition coefficient (Wildman–Crippen LogP) is 0.790. The molecule has 0 aliphatic heterocycles. The monoisotopic (exact) mass is 206 g/mol. The maximum Gasteiger partial charge on any atom is 0.689 e. The maximum absolute atomic E-state index is 12.2. The smallest absolute Gasteiger partial charge is 0.374 e. The molecule has 11 heavy (non-hydrogen) atoms. The Kier molecular flexibility index (Phi) is 3.71. The van der Waals surface area contributed by atoms with Crippen molar-refractivity contribution in [2.75, 3.05) is 21.3 Å². The first-order valence-corrected chi connectivity index (χ1v) is 7.01. The summed E-state index contributed by atoms with van der Waals surface area (Å²) in [7, 11) is -7.41. The fourth-order valence-corrected chi connectivity index (χ4v) is 3.87. The largest absolute Gasteiger partial charge is 0.689 e. The molecule has 0 aromatic rings. The second-order valence-electron chi connectivity index (χ2n) is 1.67. The Morgan fingerprint density at radius 2 is 1.09 bits per heavy atom. The minimum Gasteiger partial charge on any atom is -0.374 e. The average molecular weight is 206 g/mol. The summed E-state index contributed by atoms with van der Waals surface area (Å²) in [5.74, 6) is 0. The summed E-state index contributed by atoms with van der Waals surface area (Å²) in [5.41, 5.74) is 0. The van der Waals surface area contributed by atoms with E-state index >= 15 is 0 Å². The second kappa shape index (κ2) is 3.67. The molecule has 0 rings (SSSR count). The van der Waals surface area contributed by atoms with Crippen LogP contribution in [0.25, 0.3) is 0 Å². The van der Waals surface area contributed by atoms with Crippen LogP contribution in [0.1, 0.15) is 0 Å². The van der Waals surface area contributed by atoms with Crippen molar-refractivity contribution in [3.63, 3.8) is 0 Å². The van der Waals surface area contributed by atoms with E-state index in [1.807, 2.05) is 0 Å². The highest BCUT2D eigenvalue weighted by atomic mass is 29.3. The topological polar surface area (TPSA) is 27.7 Å². The molecule has 68 valence electrons. The van der Waals surface area contributed by atoms with E-state index in [1.165, 1.54) is 0 Å². The number of halogens is 3. The van der Waals surface area contributed by atoms with Crippen molar-refractivity contribution < 1.29 is 25.6 Å². The van der Waals surface area contributed by atoms with Crippen LogP contribution in [0.2, 0.25) is 0 Å². The molecule has 0 aliphatic carbocycles. The van der Waals surface area contributed by atoms with Crippen molar-refractivity contribution in [1.82, 2.24) is 0 Å². The highest BCUT2D eigenvalue weighted by Gasteiger charge is 2.71. The van der Waals surface area contributed by atoms with Crippen LogP contribution in [0.4, 0.5) is 12.3 Å². The van der Waals surface area contributed by atoms with E-state index in [0.29, 0.717) is 0 Å². The first-order valence-electron chi connectivity index (χ1n) is 2.65. The molecule has 0 radical (unpaired) electrons. The van der Waals surface area contributed by atoms with Crippen molar-refractivity contribution >= 4 is 16.9 Å². The Labute approximate surface area is 64.7 Å². The fourth-order valence-electron chi connectivity index (χ4n) is 0.597. The second-order valence-corrected chi connectivity index (χ2v) is 8.54. The molecular formula is C3H9F3O3Si2. The summed E-state index contributed by atoms with van der Waals surface area (Å²) >= 11 is 0. The first kappa shape index (κ1) is 11.1.